The fraction of sp³-hybridized carbons (Fsp3) is 0.250. The molecule has 0 aromatic heterocycles. The van der Waals surface area contributed by atoms with Gasteiger partial charge >= 0.3 is 0 Å². The van der Waals surface area contributed by atoms with Gasteiger partial charge in [0.25, 0.3) is 0 Å². The molecule has 0 N–H and O–H groups in total. The third-order valence-electron chi connectivity index (χ3n) is 1.98. The third kappa shape index (κ3) is 2.92. The molecule has 0 aliphatic rings. The van der Waals surface area contributed by atoms with E-state index >= 15 is 0 Å². The number of carbonyl (C=O) groups is 2. The summed E-state index contributed by atoms with van der Waals surface area (Å²) in [5.74, 6) is -0.275. The topological polar surface area (TPSA) is 67.2 Å². The van der Waals surface area contributed by atoms with Gasteiger partial charge in [-0.15, -0.1) is 0 Å². The van der Waals surface area contributed by atoms with Crippen molar-refractivity contribution in [3.05, 3.63) is 29.8 Å². The second kappa shape index (κ2) is 5.08. The molecular formula is C12H11NO3. The lowest BCUT2D eigenvalue weighted by molar-refractivity contribution is -0.134. The molecule has 82 valence electrons. The van der Waals surface area contributed by atoms with Crippen LogP contribution in [0, 0.1) is 11.3 Å². The zero-order valence-corrected chi connectivity index (χ0v) is 9.06. The van der Waals surface area contributed by atoms with Crippen LogP contribution in [-0.2, 0) is 9.59 Å². The average Bonchev–Trinajstić information content (AvgIpc) is 2.25. The van der Waals surface area contributed by atoms with Gasteiger partial charge < -0.3 is 4.74 Å². The number of carbonyl (C=O) groups excluding carboxylic acids is 2. The minimum Gasteiger partial charge on any atom is -0.475 e. The maximum atomic E-state index is 11.1. The molecule has 0 atom stereocenters. The van der Waals surface area contributed by atoms with E-state index in [9.17, 15) is 9.59 Å². The largest absolute Gasteiger partial charge is 0.475 e. The Morgan fingerprint density at radius 2 is 1.69 bits per heavy atom. The van der Waals surface area contributed by atoms with Gasteiger partial charge in [-0.25, -0.2) is 0 Å². The van der Waals surface area contributed by atoms with E-state index in [1.807, 2.05) is 6.07 Å². The first kappa shape index (κ1) is 11.9. The number of hydrogen-bond acceptors (Lipinski definition) is 4. The summed E-state index contributed by atoms with van der Waals surface area (Å²) in [6.07, 6.45) is -1.06. The molecule has 4 heteroatoms. The van der Waals surface area contributed by atoms with E-state index in [2.05, 4.69) is 0 Å². The van der Waals surface area contributed by atoms with Crippen LogP contribution in [0.5, 0.6) is 5.75 Å². The zero-order chi connectivity index (χ0) is 12.1. The highest BCUT2D eigenvalue weighted by atomic mass is 16.5. The van der Waals surface area contributed by atoms with Crippen molar-refractivity contribution < 1.29 is 14.3 Å². The monoisotopic (exact) mass is 217 g/mol. The highest BCUT2D eigenvalue weighted by Crippen LogP contribution is 2.14. The van der Waals surface area contributed by atoms with Crippen LogP contribution in [-0.4, -0.2) is 17.7 Å². The zero-order valence-electron chi connectivity index (χ0n) is 9.06. The molecule has 16 heavy (non-hydrogen) atoms. The lowest BCUT2D eigenvalue weighted by atomic mass is 10.2. The van der Waals surface area contributed by atoms with Crippen molar-refractivity contribution >= 4 is 11.6 Å². The van der Waals surface area contributed by atoms with Crippen LogP contribution in [0.4, 0.5) is 0 Å². The summed E-state index contributed by atoms with van der Waals surface area (Å²) in [5.41, 5.74) is 0.495. The van der Waals surface area contributed by atoms with E-state index < -0.39 is 6.10 Å². The van der Waals surface area contributed by atoms with Crippen LogP contribution >= 0.6 is 0 Å². The molecule has 0 bridgehead atoms. The Morgan fingerprint density at radius 1 is 1.19 bits per heavy atom. The van der Waals surface area contributed by atoms with Gasteiger partial charge in [-0.1, -0.05) is 0 Å². The van der Waals surface area contributed by atoms with Crippen LogP contribution in [0.3, 0.4) is 0 Å². The summed E-state index contributed by atoms with van der Waals surface area (Å²) in [4.78, 5) is 22.2. The quantitative estimate of drug-likeness (QED) is 0.716. The third-order valence-corrected chi connectivity index (χ3v) is 1.98. The van der Waals surface area contributed by atoms with Crippen molar-refractivity contribution in [3.8, 4) is 11.8 Å². The Labute approximate surface area is 93.5 Å². The Hall–Kier alpha value is -2.15. The van der Waals surface area contributed by atoms with Crippen molar-refractivity contribution in [2.24, 2.45) is 0 Å². The van der Waals surface area contributed by atoms with Gasteiger partial charge in [-0.2, -0.15) is 5.26 Å². The predicted molar refractivity (Wildman–Crippen MR) is 56.9 cm³/mol. The van der Waals surface area contributed by atoms with E-state index in [0.717, 1.165) is 0 Å². The molecule has 0 unspecified atom stereocenters. The van der Waals surface area contributed by atoms with Crippen LogP contribution < -0.4 is 4.74 Å². The lowest BCUT2D eigenvalue weighted by Crippen LogP contribution is -2.32. The Morgan fingerprint density at radius 3 is 2.06 bits per heavy atom. The summed E-state index contributed by atoms with van der Waals surface area (Å²) in [7, 11) is 0. The summed E-state index contributed by atoms with van der Waals surface area (Å²) in [6.45, 7) is 2.60. The van der Waals surface area contributed by atoms with E-state index in [1.165, 1.54) is 13.8 Å². The maximum Gasteiger partial charge on any atom is 0.214 e. The predicted octanol–water partition coefficient (Wildman–Crippen LogP) is 1.48. The first-order valence-electron chi connectivity index (χ1n) is 4.72. The van der Waals surface area contributed by atoms with Crippen molar-refractivity contribution in [1.82, 2.24) is 0 Å². The highest BCUT2D eigenvalue weighted by molar-refractivity contribution is 6.03. The van der Waals surface area contributed by atoms with Crippen LogP contribution in [0.1, 0.15) is 19.4 Å². The standard InChI is InChI=1S/C12H11NO3/c1-8(14)12(9(2)15)16-11-5-3-10(7-13)4-6-11/h3-6,12H,1-2H3. The molecule has 0 aliphatic carbocycles. The molecule has 0 spiro atoms. The number of rotatable bonds is 4. The average molecular weight is 217 g/mol. The minimum atomic E-state index is -1.06. The number of ether oxygens (including phenoxy) is 1. The number of hydrogen-bond donors (Lipinski definition) is 0. The fourth-order valence-electron chi connectivity index (χ4n) is 1.20. The van der Waals surface area contributed by atoms with Crippen molar-refractivity contribution in [2.45, 2.75) is 20.0 Å². The number of Topliss-reactive ketones (excluding diaryl/α,β-unsaturated/α-hetero) is 2. The summed E-state index contributed by atoms with van der Waals surface area (Å²) in [5, 5.41) is 8.59. The molecular weight excluding hydrogens is 206 g/mol. The highest BCUT2D eigenvalue weighted by Gasteiger charge is 2.21. The number of ketones is 2. The summed E-state index contributed by atoms with van der Waals surface area (Å²) in [6, 6.07) is 8.19. The minimum absolute atomic E-state index is 0.336. The Bertz CT molecular complexity index is 428. The Balaban J connectivity index is 2.83. The first-order valence-corrected chi connectivity index (χ1v) is 4.72. The molecule has 4 nitrogen and oxygen atoms in total. The molecule has 1 aromatic rings. The maximum absolute atomic E-state index is 11.1. The molecule has 0 saturated heterocycles. The van der Waals surface area contributed by atoms with Gasteiger partial charge in [0.2, 0.25) is 6.10 Å². The van der Waals surface area contributed by atoms with Crippen molar-refractivity contribution in [2.75, 3.05) is 0 Å². The molecule has 0 amide bonds. The second-order valence-corrected chi connectivity index (χ2v) is 3.36. The number of benzene rings is 1. The van der Waals surface area contributed by atoms with Crippen LogP contribution in [0.15, 0.2) is 24.3 Å². The van der Waals surface area contributed by atoms with E-state index in [4.69, 9.17) is 10.00 Å². The molecule has 0 heterocycles. The fourth-order valence-corrected chi connectivity index (χ4v) is 1.20. The SMILES string of the molecule is CC(=O)C(Oc1ccc(C#N)cc1)C(C)=O. The van der Waals surface area contributed by atoms with Crippen LogP contribution in [0.25, 0.3) is 0 Å². The van der Waals surface area contributed by atoms with Gasteiger partial charge in [0.15, 0.2) is 11.6 Å². The normalized spacial score (nSPS) is 9.62. The van der Waals surface area contributed by atoms with Crippen LogP contribution in [0.2, 0.25) is 0 Å². The van der Waals surface area contributed by atoms with E-state index in [1.54, 1.807) is 24.3 Å². The number of nitrogens with zero attached hydrogens (tertiary/aromatic N) is 1. The summed E-state index contributed by atoms with van der Waals surface area (Å²) >= 11 is 0. The molecule has 1 rings (SSSR count). The Kier molecular flexibility index (Phi) is 3.78. The van der Waals surface area contributed by atoms with Crippen molar-refractivity contribution in [1.29, 1.82) is 5.26 Å². The first-order chi connectivity index (χ1) is 7.54. The number of nitriles is 1. The lowest BCUT2D eigenvalue weighted by Gasteiger charge is -2.13. The van der Waals surface area contributed by atoms with E-state index in [-0.39, 0.29) is 11.6 Å². The van der Waals surface area contributed by atoms with Gasteiger partial charge in [-0.05, 0) is 38.1 Å². The van der Waals surface area contributed by atoms with E-state index in [0.29, 0.717) is 11.3 Å². The molecule has 1 aromatic carbocycles. The van der Waals surface area contributed by atoms with Gasteiger partial charge in [0, 0.05) is 0 Å². The molecule has 0 aliphatic heterocycles. The van der Waals surface area contributed by atoms with Gasteiger partial charge in [0.05, 0.1) is 11.6 Å². The van der Waals surface area contributed by atoms with Gasteiger partial charge in [0.1, 0.15) is 5.75 Å². The second-order valence-electron chi connectivity index (χ2n) is 3.36. The smallest absolute Gasteiger partial charge is 0.214 e. The molecule has 0 radical (unpaired) electrons. The summed E-state index contributed by atoms with van der Waals surface area (Å²) < 4.78 is 5.23. The van der Waals surface area contributed by atoms with Gasteiger partial charge in [-0.3, -0.25) is 9.59 Å². The van der Waals surface area contributed by atoms with Crippen molar-refractivity contribution in [3.63, 3.8) is 0 Å². The molecule has 0 fully saturated rings. The molecule has 0 saturated carbocycles.